The van der Waals surface area contributed by atoms with E-state index in [1.54, 1.807) is 0 Å². The van der Waals surface area contributed by atoms with Crippen LogP contribution in [-0.4, -0.2) is 35.6 Å². The number of piperidine rings is 1. The van der Waals surface area contributed by atoms with Gasteiger partial charge in [0.25, 0.3) is 5.88 Å². The lowest BCUT2D eigenvalue weighted by molar-refractivity contribution is -0.125. The first-order valence-corrected chi connectivity index (χ1v) is 10.7. The number of hydrogen-bond acceptors (Lipinski definition) is 5. The third kappa shape index (κ3) is 4.70. The molecule has 2 heterocycles. The van der Waals surface area contributed by atoms with E-state index in [1.165, 1.54) is 0 Å². The van der Waals surface area contributed by atoms with Crippen molar-refractivity contribution in [1.29, 1.82) is 0 Å². The molecule has 6 nitrogen and oxygen atoms in total. The maximum absolute atomic E-state index is 12.8. The number of para-hydroxylation sites is 2. The van der Waals surface area contributed by atoms with E-state index in [1.807, 2.05) is 54.6 Å². The van der Waals surface area contributed by atoms with Gasteiger partial charge in [-0.1, -0.05) is 49.4 Å². The summed E-state index contributed by atoms with van der Waals surface area (Å²) in [7, 11) is 0. The first-order valence-electron chi connectivity index (χ1n) is 10.7. The number of rotatable bonds is 7. The molecule has 156 valence electrons. The van der Waals surface area contributed by atoms with Gasteiger partial charge in [-0.2, -0.15) is 0 Å². The summed E-state index contributed by atoms with van der Waals surface area (Å²) in [5.41, 5.74) is 2.77. The van der Waals surface area contributed by atoms with Crippen LogP contribution in [0.4, 0.5) is 5.82 Å². The summed E-state index contributed by atoms with van der Waals surface area (Å²) in [5.74, 6) is 1.31. The van der Waals surface area contributed by atoms with Gasteiger partial charge in [-0.3, -0.25) is 4.79 Å². The Balaban J connectivity index is 1.50. The second-order valence-electron chi connectivity index (χ2n) is 7.68. The molecule has 4 rings (SSSR count). The fourth-order valence-corrected chi connectivity index (χ4v) is 3.79. The number of amides is 1. The topological polar surface area (TPSA) is 67.4 Å². The molecule has 1 aliphatic rings. The minimum Gasteiger partial charge on any atom is -0.475 e. The molecule has 1 aromatic heterocycles. The third-order valence-corrected chi connectivity index (χ3v) is 5.37. The van der Waals surface area contributed by atoms with Crippen LogP contribution in [0.15, 0.2) is 54.6 Å². The molecule has 6 heteroatoms. The average Bonchev–Trinajstić information content (AvgIpc) is 2.81. The summed E-state index contributed by atoms with van der Waals surface area (Å²) >= 11 is 0. The fraction of sp³-hybridized carbons (Fsp3) is 0.375. The Labute approximate surface area is 177 Å². The molecule has 30 heavy (non-hydrogen) atoms. The highest BCUT2D eigenvalue weighted by atomic mass is 16.5. The molecule has 1 fully saturated rings. The summed E-state index contributed by atoms with van der Waals surface area (Å²) in [6.07, 6.45) is 2.72. The lowest BCUT2D eigenvalue weighted by Crippen LogP contribution is -2.43. The molecule has 1 aliphatic heterocycles. The Bertz CT molecular complexity index is 993. The maximum atomic E-state index is 12.8. The number of benzene rings is 2. The van der Waals surface area contributed by atoms with Crippen LogP contribution < -0.4 is 15.0 Å². The van der Waals surface area contributed by atoms with Crippen LogP contribution in [0.25, 0.3) is 11.0 Å². The molecule has 0 radical (unpaired) electrons. The van der Waals surface area contributed by atoms with Crippen LogP contribution in [0.1, 0.15) is 31.7 Å². The molecule has 2 aromatic carbocycles. The van der Waals surface area contributed by atoms with E-state index in [0.29, 0.717) is 25.6 Å². The Morgan fingerprint density at radius 3 is 2.60 bits per heavy atom. The van der Waals surface area contributed by atoms with Crippen LogP contribution in [0.5, 0.6) is 5.88 Å². The lowest BCUT2D eigenvalue weighted by atomic mass is 9.97. The largest absolute Gasteiger partial charge is 0.475 e. The standard InChI is InChI=1S/C24H28N4O2/c1-2-15-30-24-22(26-20-12-6-7-13-21(20)27-24)28-14-8-11-19(17-28)23(29)25-16-18-9-4-3-5-10-18/h3-7,9-10,12-13,19H,2,8,11,14-17H2,1H3,(H,25,29)/t19-/m1/s1. The van der Waals surface area contributed by atoms with Crippen molar-refractivity contribution >= 4 is 22.8 Å². The van der Waals surface area contributed by atoms with Crippen molar-refractivity contribution < 1.29 is 9.53 Å². The van der Waals surface area contributed by atoms with E-state index in [0.717, 1.165) is 48.2 Å². The first kappa shape index (κ1) is 20.1. The van der Waals surface area contributed by atoms with Crippen LogP contribution in [0.3, 0.4) is 0 Å². The van der Waals surface area contributed by atoms with Gasteiger partial charge in [0, 0.05) is 19.6 Å². The van der Waals surface area contributed by atoms with Gasteiger partial charge in [0.1, 0.15) is 0 Å². The van der Waals surface area contributed by atoms with Crippen LogP contribution in [0, 0.1) is 5.92 Å². The SMILES string of the molecule is CCCOc1nc2ccccc2nc1N1CCC[C@@H](C(=O)NCc2ccccc2)C1. The molecule has 0 aliphatic carbocycles. The molecule has 1 N–H and O–H groups in total. The maximum Gasteiger partial charge on any atom is 0.258 e. The molecular weight excluding hydrogens is 376 g/mol. The second-order valence-corrected chi connectivity index (χ2v) is 7.68. The normalized spacial score (nSPS) is 16.4. The highest BCUT2D eigenvalue weighted by Gasteiger charge is 2.28. The van der Waals surface area contributed by atoms with Gasteiger partial charge in [0.2, 0.25) is 5.91 Å². The van der Waals surface area contributed by atoms with Gasteiger partial charge < -0.3 is 15.0 Å². The van der Waals surface area contributed by atoms with Crippen molar-refractivity contribution in [3.05, 3.63) is 60.2 Å². The number of ether oxygens (including phenoxy) is 1. The number of aromatic nitrogens is 2. The summed E-state index contributed by atoms with van der Waals surface area (Å²) in [5, 5.41) is 3.09. The minimum atomic E-state index is -0.0743. The van der Waals surface area contributed by atoms with Gasteiger partial charge in [-0.25, -0.2) is 9.97 Å². The smallest absolute Gasteiger partial charge is 0.258 e. The van der Waals surface area contributed by atoms with Gasteiger partial charge in [-0.05, 0) is 37.0 Å². The quantitative estimate of drug-likeness (QED) is 0.646. The fourth-order valence-electron chi connectivity index (χ4n) is 3.79. The van der Waals surface area contributed by atoms with Gasteiger partial charge >= 0.3 is 0 Å². The zero-order valence-corrected chi connectivity index (χ0v) is 17.4. The van der Waals surface area contributed by atoms with Gasteiger partial charge in [0.15, 0.2) is 5.82 Å². The number of carbonyl (C=O) groups excluding carboxylic acids is 1. The van der Waals surface area contributed by atoms with E-state index in [9.17, 15) is 4.79 Å². The number of nitrogens with one attached hydrogen (secondary N) is 1. The van der Waals surface area contributed by atoms with Crippen LogP contribution in [0.2, 0.25) is 0 Å². The van der Waals surface area contributed by atoms with E-state index in [2.05, 4.69) is 17.1 Å². The number of anilines is 1. The molecule has 0 bridgehead atoms. The number of fused-ring (bicyclic) bond motifs is 1. The van der Waals surface area contributed by atoms with Crippen molar-refractivity contribution in [1.82, 2.24) is 15.3 Å². The van der Waals surface area contributed by atoms with E-state index in [-0.39, 0.29) is 11.8 Å². The Morgan fingerprint density at radius 1 is 1.10 bits per heavy atom. The third-order valence-electron chi connectivity index (χ3n) is 5.37. The van der Waals surface area contributed by atoms with Gasteiger partial charge in [-0.15, -0.1) is 0 Å². The molecule has 1 amide bonds. The summed E-state index contributed by atoms with van der Waals surface area (Å²) in [4.78, 5) is 24.5. The van der Waals surface area contributed by atoms with Crippen molar-refractivity contribution in [3.8, 4) is 5.88 Å². The molecule has 3 aromatic rings. The number of carbonyl (C=O) groups is 1. The van der Waals surface area contributed by atoms with Crippen molar-refractivity contribution in [2.45, 2.75) is 32.7 Å². The Kier molecular flexibility index (Phi) is 6.42. The molecular formula is C24H28N4O2. The van der Waals surface area contributed by atoms with E-state index >= 15 is 0 Å². The van der Waals surface area contributed by atoms with Crippen LogP contribution in [-0.2, 0) is 11.3 Å². The molecule has 1 saturated heterocycles. The average molecular weight is 405 g/mol. The summed E-state index contributed by atoms with van der Waals surface area (Å²) in [6.45, 7) is 4.68. The first-order chi connectivity index (χ1) is 14.7. The number of nitrogens with zero attached hydrogens (tertiary/aromatic N) is 3. The van der Waals surface area contributed by atoms with E-state index < -0.39 is 0 Å². The minimum absolute atomic E-state index is 0.0743. The van der Waals surface area contributed by atoms with E-state index in [4.69, 9.17) is 14.7 Å². The highest BCUT2D eigenvalue weighted by Crippen LogP contribution is 2.30. The second kappa shape index (κ2) is 9.57. The monoisotopic (exact) mass is 404 g/mol. The van der Waals surface area contributed by atoms with Crippen molar-refractivity contribution in [2.75, 3.05) is 24.6 Å². The predicted octanol–water partition coefficient (Wildman–Crippen LogP) is 3.95. The number of hydrogen-bond donors (Lipinski definition) is 1. The Morgan fingerprint density at radius 2 is 1.83 bits per heavy atom. The Hall–Kier alpha value is -3.15. The van der Waals surface area contributed by atoms with Crippen molar-refractivity contribution in [3.63, 3.8) is 0 Å². The molecule has 0 saturated carbocycles. The van der Waals surface area contributed by atoms with Crippen LogP contribution >= 0.6 is 0 Å². The predicted molar refractivity (Wildman–Crippen MR) is 119 cm³/mol. The van der Waals surface area contributed by atoms with Crippen molar-refractivity contribution in [2.24, 2.45) is 5.92 Å². The zero-order valence-electron chi connectivity index (χ0n) is 17.4. The molecule has 1 atom stereocenters. The highest BCUT2D eigenvalue weighted by molar-refractivity contribution is 5.80. The lowest BCUT2D eigenvalue weighted by Gasteiger charge is -2.33. The summed E-state index contributed by atoms with van der Waals surface area (Å²) in [6, 6.07) is 17.8. The zero-order chi connectivity index (χ0) is 20.8. The van der Waals surface area contributed by atoms with Gasteiger partial charge in [0.05, 0.1) is 23.6 Å². The molecule has 0 unspecified atom stereocenters. The molecule has 0 spiro atoms. The summed E-state index contributed by atoms with van der Waals surface area (Å²) < 4.78 is 5.93.